The van der Waals surface area contributed by atoms with Crippen molar-refractivity contribution in [3.05, 3.63) is 29.7 Å². The minimum atomic E-state index is -0.306. The van der Waals surface area contributed by atoms with Gasteiger partial charge in [0, 0.05) is 17.4 Å². The maximum absolute atomic E-state index is 13.1. The Bertz CT molecular complexity index is 623. The van der Waals surface area contributed by atoms with Gasteiger partial charge in [0.15, 0.2) is 5.58 Å². The van der Waals surface area contributed by atoms with Gasteiger partial charge >= 0.3 is 0 Å². The van der Waals surface area contributed by atoms with Gasteiger partial charge < -0.3 is 4.52 Å². The Morgan fingerprint density at radius 3 is 2.95 bits per heavy atom. The van der Waals surface area contributed by atoms with E-state index < -0.39 is 0 Å². The molecule has 0 bridgehead atoms. The van der Waals surface area contributed by atoms with Gasteiger partial charge in [0.25, 0.3) is 0 Å². The highest BCUT2D eigenvalue weighted by Gasteiger charge is 2.24. The van der Waals surface area contributed by atoms with Crippen molar-refractivity contribution in [3.63, 3.8) is 0 Å². The third kappa shape index (κ3) is 2.32. The second-order valence-corrected chi connectivity index (χ2v) is 4.92. The molecule has 98 valence electrons. The van der Waals surface area contributed by atoms with Gasteiger partial charge in [-0.2, -0.15) is 5.26 Å². The van der Waals surface area contributed by atoms with Crippen molar-refractivity contribution in [2.45, 2.75) is 18.8 Å². The van der Waals surface area contributed by atoms with Gasteiger partial charge in [0.2, 0.25) is 0 Å². The largest absolute Gasteiger partial charge is 0.356 e. The number of nitriles is 1. The van der Waals surface area contributed by atoms with E-state index in [9.17, 15) is 4.39 Å². The number of benzene rings is 1. The standard InChI is InChI=1S/C14H14FN3O/c15-11-1-2-12-13(9-11)19-17-14(12)10-3-6-18(7-4-10)8-5-16/h1-2,9-10H,3-4,6-8H2. The lowest BCUT2D eigenvalue weighted by Gasteiger charge is -2.29. The molecule has 0 amide bonds. The molecule has 0 aliphatic carbocycles. The van der Waals surface area contributed by atoms with Gasteiger partial charge in [-0.3, -0.25) is 4.90 Å². The SMILES string of the molecule is N#CCN1CCC(c2noc3cc(F)ccc23)CC1. The summed E-state index contributed by atoms with van der Waals surface area (Å²) in [4.78, 5) is 2.14. The second-order valence-electron chi connectivity index (χ2n) is 4.92. The monoisotopic (exact) mass is 259 g/mol. The summed E-state index contributed by atoms with van der Waals surface area (Å²) < 4.78 is 18.3. The van der Waals surface area contributed by atoms with E-state index in [0.717, 1.165) is 37.0 Å². The van der Waals surface area contributed by atoms with Crippen LogP contribution in [0.15, 0.2) is 22.7 Å². The summed E-state index contributed by atoms with van der Waals surface area (Å²) in [5.41, 5.74) is 1.43. The molecule has 1 saturated heterocycles. The highest BCUT2D eigenvalue weighted by atomic mass is 19.1. The van der Waals surface area contributed by atoms with Crippen molar-refractivity contribution < 1.29 is 8.91 Å². The average Bonchev–Trinajstić information content (AvgIpc) is 2.83. The molecule has 1 aromatic heterocycles. The fraction of sp³-hybridized carbons (Fsp3) is 0.429. The van der Waals surface area contributed by atoms with E-state index in [0.29, 0.717) is 18.0 Å². The molecular weight excluding hydrogens is 245 g/mol. The number of fused-ring (bicyclic) bond motifs is 1. The number of hydrogen-bond donors (Lipinski definition) is 0. The summed E-state index contributed by atoms with van der Waals surface area (Å²) in [7, 11) is 0. The van der Waals surface area contributed by atoms with Crippen LogP contribution in [0.25, 0.3) is 11.0 Å². The van der Waals surface area contributed by atoms with Gasteiger partial charge in [-0.25, -0.2) is 4.39 Å². The van der Waals surface area contributed by atoms with E-state index in [4.69, 9.17) is 9.78 Å². The molecular formula is C14H14FN3O. The first-order chi connectivity index (χ1) is 9.28. The van der Waals surface area contributed by atoms with Crippen LogP contribution in [0, 0.1) is 17.1 Å². The van der Waals surface area contributed by atoms with Gasteiger partial charge in [-0.1, -0.05) is 5.16 Å². The molecule has 1 aliphatic rings. The Hall–Kier alpha value is -1.93. The van der Waals surface area contributed by atoms with Gasteiger partial charge in [0.05, 0.1) is 18.3 Å². The summed E-state index contributed by atoms with van der Waals surface area (Å²) in [6, 6.07) is 6.72. The van der Waals surface area contributed by atoms with E-state index in [1.807, 2.05) is 0 Å². The van der Waals surface area contributed by atoms with Crippen LogP contribution in [-0.2, 0) is 0 Å². The van der Waals surface area contributed by atoms with Crippen molar-refractivity contribution in [2.24, 2.45) is 0 Å². The highest BCUT2D eigenvalue weighted by Crippen LogP contribution is 2.32. The first-order valence-corrected chi connectivity index (χ1v) is 6.42. The zero-order valence-corrected chi connectivity index (χ0v) is 10.5. The van der Waals surface area contributed by atoms with Crippen LogP contribution in [0.1, 0.15) is 24.5 Å². The fourth-order valence-electron chi connectivity index (χ4n) is 2.69. The minimum Gasteiger partial charge on any atom is -0.356 e. The molecule has 0 N–H and O–H groups in total. The summed E-state index contributed by atoms with van der Waals surface area (Å²) >= 11 is 0. The second kappa shape index (κ2) is 4.98. The normalized spacial score (nSPS) is 17.7. The molecule has 0 spiro atoms. The van der Waals surface area contributed by atoms with E-state index in [1.54, 1.807) is 6.07 Å². The number of piperidine rings is 1. The predicted octanol–water partition coefficient (Wildman–Crippen LogP) is 2.67. The van der Waals surface area contributed by atoms with Crippen molar-refractivity contribution in [3.8, 4) is 6.07 Å². The van der Waals surface area contributed by atoms with E-state index in [1.165, 1.54) is 12.1 Å². The van der Waals surface area contributed by atoms with Gasteiger partial charge in [-0.05, 0) is 38.1 Å². The molecule has 2 aromatic rings. The first kappa shape index (κ1) is 12.1. The van der Waals surface area contributed by atoms with Crippen LogP contribution in [0.4, 0.5) is 4.39 Å². The van der Waals surface area contributed by atoms with E-state index in [-0.39, 0.29) is 5.82 Å². The Morgan fingerprint density at radius 2 is 2.21 bits per heavy atom. The van der Waals surface area contributed by atoms with Gasteiger partial charge in [0.1, 0.15) is 5.82 Å². The quantitative estimate of drug-likeness (QED) is 0.778. The van der Waals surface area contributed by atoms with Crippen molar-refractivity contribution in [2.75, 3.05) is 19.6 Å². The topological polar surface area (TPSA) is 53.1 Å². The Balaban J connectivity index is 1.81. The predicted molar refractivity (Wildman–Crippen MR) is 68.0 cm³/mol. The van der Waals surface area contributed by atoms with Crippen LogP contribution in [0.3, 0.4) is 0 Å². The van der Waals surface area contributed by atoms with E-state index in [2.05, 4.69) is 16.1 Å². The molecule has 2 heterocycles. The lowest BCUT2D eigenvalue weighted by molar-refractivity contribution is 0.231. The molecule has 1 fully saturated rings. The molecule has 1 aromatic carbocycles. The fourth-order valence-corrected chi connectivity index (χ4v) is 2.69. The van der Waals surface area contributed by atoms with Crippen molar-refractivity contribution in [1.82, 2.24) is 10.1 Å². The summed E-state index contributed by atoms with van der Waals surface area (Å²) in [5.74, 6) is 0.0284. The molecule has 3 rings (SSSR count). The number of hydrogen-bond acceptors (Lipinski definition) is 4. The number of halogens is 1. The third-order valence-corrected chi connectivity index (χ3v) is 3.73. The molecule has 4 nitrogen and oxygen atoms in total. The number of nitrogens with zero attached hydrogens (tertiary/aromatic N) is 3. The lowest BCUT2D eigenvalue weighted by atomic mass is 9.91. The molecule has 0 radical (unpaired) electrons. The van der Waals surface area contributed by atoms with Crippen LogP contribution < -0.4 is 0 Å². The van der Waals surface area contributed by atoms with Crippen molar-refractivity contribution in [1.29, 1.82) is 5.26 Å². The molecule has 5 heteroatoms. The number of likely N-dealkylation sites (tertiary alicyclic amines) is 1. The lowest BCUT2D eigenvalue weighted by Crippen LogP contribution is -2.33. The first-order valence-electron chi connectivity index (χ1n) is 6.42. The Kier molecular flexibility index (Phi) is 3.18. The summed E-state index contributed by atoms with van der Waals surface area (Å²) in [6.07, 6.45) is 1.92. The number of rotatable bonds is 2. The highest BCUT2D eigenvalue weighted by molar-refractivity contribution is 5.79. The van der Waals surface area contributed by atoms with Gasteiger partial charge in [-0.15, -0.1) is 0 Å². The van der Waals surface area contributed by atoms with Crippen molar-refractivity contribution >= 4 is 11.0 Å². The molecule has 1 aliphatic heterocycles. The summed E-state index contributed by atoms with van der Waals surface area (Å²) in [5, 5.41) is 13.7. The molecule has 0 atom stereocenters. The van der Waals surface area contributed by atoms with Crippen LogP contribution >= 0.6 is 0 Å². The maximum atomic E-state index is 13.1. The van der Waals surface area contributed by atoms with Crippen LogP contribution in [-0.4, -0.2) is 29.7 Å². The zero-order chi connectivity index (χ0) is 13.2. The van der Waals surface area contributed by atoms with E-state index >= 15 is 0 Å². The Labute approximate surface area is 110 Å². The molecule has 0 saturated carbocycles. The third-order valence-electron chi connectivity index (χ3n) is 3.73. The average molecular weight is 259 g/mol. The zero-order valence-electron chi connectivity index (χ0n) is 10.5. The Morgan fingerprint density at radius 1 is 1.42 bits per heavy atom. The number of aromatic nitrogens is 1. The minimum absolute atomic E-state index is 0.306. The maximum Gasteiger partial charge on any atom is 0.170 e. The van der Waals surface area contributed by atoms with Crippen LogP contribution in [0.5, 0.6) is 0 Å². The molecule has 0 unspecified atom stereocenters. The smallest absolute Gasteiger partial charge is 0.170 e. The summed E-state index contributed by atoms with van der Waals surface area (Å²) in [6.45, 7) is 2.28. The van der Waals surface area contributed by atoms with Crippen LogP contribution in [0.2, 0.25) is 0 Å². The molecule has 19 heavy (non-hydrogen) atoms.